The van der Waals surface area contributed by atoms with Crippen molar-refractivity contribution in [1.29, 1.82) is 0 Å². The van der Waals surface area contributed by atoms with Gasteiger partial charge in [-0.05, 0) is 51.2 Å². The predicted octanol–water partition coefficient (Wildman–Crippen LogP) is 3.27. The summed E-state index contributed by atoms with van der Waals surface area (Å²) in [6.07, 6.45) is 2.64. The van der Waals surface area contributed by atoms with Crippen LogP contribution in [0.25, 0.3) is 0 Å². The predicted molar refractivity (Wildman–Crippen MR) is 96.5 cm³/mol. The highest BCUT2D eigenvalue weighted by atomic mass is 32.2. The topological polar surface area (TPSA) is 67.8 Å². The summed E-state index contributed by atoms with van der Waals surface area (Å²) in [6, 6.07) is 6.84. The van der Waals surface area contributed by atoms with Crippen LogP contribution in [0.2, 0.25) is 0 Å². The number of allylic oxidation sites excluding steroid dienone is 1. The third kappa shape index (κ3) is 4.68. The minimum Gasteiger partial charge on any atom is -0.399 e. The molecule has 0 aromatic heterocycles. The summed E-state index contributed by atoms with van der Waals surface area (Å²) in [5, 5.41) is 4.12. The Morgan fingerprint density at radius 3 is 2.58 bits per heavy atom. The average Bonchev–Trinajstić information content (AvgIpc) is 2.54. The van der Waals surface area contributed by atoms with E-state index >= 15 is 0 Å². The van der Waals surface area contributed by atoms with Crippen molar-refractivity contribution in [3.05, 3.63) is 42.0 Å². The van der Waals surface area contributed by atoms with E-state index in [0.717, 1.165) is 36.1 Å². The van der Waals surface area contributed by atoms with E-state index in [1.54, 1.807) is 24.3 Å². The molecule has 1 N–H and O–H groups in total. The Balaban J connectivity index is 2.05. The number of benzene rings is 1. The molecule has 6 heteroatoms. The minimum atomic E-state index is -3.51. The first-order chi connectivity index (χ1) is 11.3. The van der Waals surface area contributed by atoms with Gasteiger partial charge in [0, 0.05) is 12.5 Å². The number of hydrogen-bond donors (Lipinski definition) is 1. The van der Waals surface area contributed by atoms with E-state index in [1.165, 1.54) is 7.11 Å². The molecule has 0 amide bonds. The van der Waals surface area contributed by atoms with Gasteiger partial charge < -0.3 is 4.84 Å². The lowest BCUT2D eigenvalue weighted by molar-refractivity contribution is 0.207. The number of sulfonamides is 1. The van der Waals surface area contributed by atoms with E-state index in [1.807, 2.05) is 13.8 Å². The highest BCUT2D eigenvalue weighted by molar-refractivity contribution is 7.89. The lowest BCUT2D eigenvalue weighted by Gasteiger charge is -2.30. The largest absolute Gasteiger partial charge is 0.399 e. The summed E-state index contributed by atoms with van der Waals surface area (Å²) in [6.45, 7) is 8.31. The summed E-state index contributed by atoms with van der Waals surface area (Å²) >= 11 is 0. The fourth-order valence-corrected chi connectivity index (χ4v) is 4.05. The summed E-state index contributed by atoms with van der Waals surface area (Å²) in [5.74, 6) is 0.449. The number of aryl methyl sites for hydroxylation is 1. The van der Waals surface area contributed by atoms with Crippen LogP contribution in [0.4, 0.5) is 0 Å². The molecule has 0 radical (unpaired) electrons. The fraction of sp³-hybridized carbons (Fsp3) is 0.500. The Labute approximate surface area is 144 Å². The Kier molecular flexibility index (Phi) is 6.18. The first-order valence-corrected chi connectivity index (χ1v) is 9.63. The van der Waals surface area contributed by atoms with Crippen molar-refractivity contribution in [2.45, 2.75) is 38.0 Å². The number of rotatable bonds is 6. The molecule has 2 rings (SSSR count). The van der Waals surface area contributed by atoms with Crippen LogP contribution in [0.5, 0.6) is 0 Å². The monoisotopic (exact) mass is 350 g/mol. The molecule has 0 heterocycles. The molecule has 1 saturated carbocycles. The zero-order valence-corrected chi connectivity index (χ0v) is 15.4. The molecule has 132 valence electrons. The quantitative estimate of drug-likeness (QED) is 0.632. The van der Waals surface area contributed by atoms with Crippen LogP contribution >= 0.6 is 0 Å². The van der Waals surface area contributed by atoms with Crippen LogP contribution in [0.3, 0.4) is 0 Å². The lowest BCUT2D eigenvalue weighted by Crippen LogP contribution is -2.36. The number of hydrogen-bond acceptors (Lipinski definition) is 4. The van der Waals surface area contributed by atoms with Gasteiger partial charge in [0.15, 0.2) is 0 Å². The zero-order valence-electron chi connectivity index (χ0n) is 14.6. The highest BCUT2D eigenvalue weighted by Gasteiger charge is 2.29. The maximum Gasteiger partial charge on any atom is 0.240 e. The Morgan fingerprint density at radius 1 is 1.33 bits per heavy atom. The van der Waals surface area contributed by atoms with Crippen molar-refractivity contribution < 1.29 is 13.3 Å². The van der Waals surface area contributed by atoms with Crippen LogP contribution in [0.1, 0.15) is 31.7 Å². The normalized spacial score (nSPS) is 23.2. The van der Waals surface area contributed by atoms with Gasteiger partial charge in [-0.15, -0.1) is 0 Å². The molecule has 1 aromatic carbocycles. The van der Waals surface area contributed by atoms with Crippen LogP contribution in [0.15, 0.2) is 46.5 Å². The minimum absolute atomic E-state index is 0.0563. The molecule has 0 saturated heterocycles. The van der Waals surface area contributed by atoms with Crippen LogP contribution in [0, 0.1) is 18.8 Å². The number of oxime groups is 1. The van der Waals surface area contributed by atoms with E-state index in [4.69, 9.17) is 4.84 Å². The third-order valence-corrected chi connectivity index (χ3v) is 5.99. The van der Waals surface area contributed by atoms with Crippen molar-refractivity contribution in [3.8, 4) is 0 Å². The second-order valence-corrected chi connectivity index (χ2v) is 8.22. The Bertz CT molecular complexity index is 708. The molecule has 0 spiro atoms. The van der Waals surface area contributed by atoms with Crippen LogP contribution < -0.4 is 4.72 Å². The third-order valence-electron chi connectivity index (χ3n) is 4.55. The van der Waals surface area contributed by atoms with E-state index in [-0.39, 0.29) is 10.8 Å². The van der Waals surface area contributed by atoms with E-state index in [2.05, 4.69) is 16.5 Å². The van der Waals surface area contributed by atoms with Gasteiger partial charge in [0.25, 0.3) is 0 Å². The molecule has 5 nitrogen and oxygen atoms in total. The average molecular weight is 350 g/mol. The van der Waals surface area contributed by atoms with Gasteiger partial charge in [0.1, 0.15) is 7.11 Å². The van der Waals surface area contributed by atoms with Gasteiger partial charge >= 0.3 is 0 Å². The smallest absolute Gasteiger partial charge is 0.240 e. The molecule has 1 aromatic rings. The molecule has 0 bridgehead atoms. The van der Waals surface area contributed by atoms with Crippen LogP contribution in [-0.2, 0) is 14.9 Å². The molecular weight excluding hydrogens is 324 g/mol. The SMILES string of the molecule is C=C(C)C1CCC(CNS(=O)(=O)c2ccc(C)cc2)/C(=N/OC)C1. The van der Waals surface area contributed by atoms with Crippen molar-refractivity contribution >= 4 is 15.7 Å². The molecular formula is C18H26N2O3S. The van der Waals surface area contributed by atoms with Crippen molar-refractivity contribution in [2.24, 2.45) is 17.0 Å². The van der Waals surface area contributed by atoms with Crippen LogP contribution in [-0.4, -0.2) is 27.8 Å². The van der Waals surface area contributed by atoms with Gasteiger partial charge in [0.2, 0.25) is 10.0 Å². The Hall–Kier alpha value is -1.66. The zero-order chi connectivity index (χ0) is 17.7. The summed E-state index contributed by atoms with van der Waals surface area (Å²) in [7, 11) is -1.99. The molecule has 2 unspecified atom stereocenters. The summed E-state index contributed by atoms with van der Waals surface area (Å²) in [4.78, 5) is 5.24. The van der Waals surface area contributed by atoms with Crippen molar-refractivity contribution in [1.82, 2.24) is 4.72 Å². The molecule has 2 atom stereocenters. The Morgan fingerprint density at radius 2 is 2.00 bits per heavy atom. The number of nitrogens with one attached hydrogen (secondary N) is 1. The molecule has 0 aliphatic heterocycles. The van der Waals surface area contributed by atoms with Gasteiger partial charge in [-0.25, -0.2) is 13.1 Å². The maximum absolute atomic E-state index is 12.4. The maximum atomic E-state index is 12.4. The van der Waals surface area contributed by atoms with Gasteiger partial charge in [-0.2, -0.15) is 0 Å². The molecule has 1 fully saturated rings. The van der Waals surface area contributed by atoms with E-state index in [9.17, 15) is 8.42 Å². The van der Waals surface area contributed by atoms with E-state index in [0.29, 0.717) is 12.5 Å². The fourth-order valence-electron chi connectivity index (χ4n) is 2.97. The lowest BCUT2D eigenvalue weighted by atomic mass is 9.78. The standard InChI is InChI=1S/C18H26N2O3S/c1-13(2)15-7-8-16(18(11-15)20-23-4)12-19-24(21,22)17-9-5-14(3)6-10-17/h5-6,9-10,15-16,19H,1,7-8,11-12H2,2-4H3/b20-18+. The number of nitrogens with zero attached hydrogens (tertiary/aromatic N) is 1. The van der Waals surface area contributed by atoms with Crippen molar-refractivity contribution in [3.63, 3.8) is 0 Å². The highest BCUT2D eigenvalue weighted by Crippen LogP contribution is 2.31. The second kappa shape index (κ2) is 7.94. The van der Waals surface area contributed by atoms with Gasteiger partial charge in [-0.3, -0.25) is 0 Å². The van der Waals surface area contributed by atoms with Gasteiger partial charge in [-0.1, -0.05) is 35.0 Å². The first kappa shape index (κ1) is 18.7. The molecule has 1 aliphatic carbocycles. The molecule has 1 aliphatic rings. The van der Waals surface area contributed by atoms with Gasteiger partial charge in [0.05, 0.1) is 10.6 Å². The summed E-state index contributed by atoms with van der Waals surface area (Å²) < 4.78 is 27.6. The first-order valence-electron chi connectivity index (χ1n) is 8.15. The second-order valence-electron chi connectivity index (χ2n) is 6.45. The van der Waals surface area contributed by atoms with Crippen molar-refractivity contribution in [2.75, 3.05) is 13.7 Å². The summed E-state index contributed by atoms with van der Waals surface area (Å²) in [5.41, 5.74) is 3.07. The van der Waals surface area contributed by atoms with E-state index < -0.39 is 10.0 Å². The molecule has 24 heavy (non-hydrogen) atoms.